The van der Waals surface area contributed by atoms with E-state index in [4.69, 9.17) is 0 Å². The summed E-state index contributed by atoms with van der Waals surface area (Å²) < 4.78 is 13.5. The van der Waals surface area contributed by atoms with Crippen LogP contribution in [0.1, 0.15) is 12.5 Å². The summed E-state index contributed by atoms with van der Waals surface area (Å²) in [4.78, 5) is 33.1. The van der Waals surface area contributed by atoms with Crippen LogP contribution in [-0.4, -0.2) is 27.1 Å². The highest BCUT2D eigenvalue weighted by Crippen LogP contribution is 2.42. The Hall–Kier alpha value is -3.03. The van der Waals surface area contributed by atoms with Crippen molar-refractivity contribution in [1.82, 2.24) is 0 Å². The number of carbonyl (C=O) groups is 2. The van der Waals surface area contributed by atoms with Gasteiger partial charge in [0.15, 0.2) is 0 Å². The molecule has 7 nitrogen and oxygen atoms in total. The van der Waals surface area contributed by atoms with Crippen LogP contribution in [0.3, 0.4) is 0 Å². The Bertz CT molecular complexity index is 769. The lowest BCUT2D eigenvalue weighted by Crippen LogP contribution is -2.43. The molecule has 0 amide bonds. The van der Waals surface area contributed by atoms with Crippen LogP contribution in [0.15, 0.2) is 42.0 Å². The first-order valence-electron chi connectivity index (χ1n) is 6.52. The molecule has 1 aromatic carbocycles. The van der Waals surface area contributed by atoms with Crippen molar-refractivity contribution in [3.05, 3.63) is 63.5 Å². The summed E-state index contributed by atoms with van der Waals surface area (Å²) in [5, 5.41) is 29.7. The lowest BCUT2D eigenvalue weighted by molar-refractivity contribution is -0.387. The molecule has 2 rings (SSSR count). The minimum atomic E-state index is -1.83. The maximum atomic E-state index is 13.5. The number of benzene rings is 1. The number of nitro groups is 1. The van der Waals surface area contributed by atoms with E-state index in [1.165, 1.54) is 25.2 Å². The van der Waals surface area contributed by atoms with Gasteiger partial charge in [-0.1, -0.05) is 31.2 Å². The maximum absolute atomic E-state index is 13.5. The molecule has 0 saturated heterocycles. The van der Waals surface area contributed by atoms with Gasteiger partial charge in [0, 0.05) is 17.6 Å². The Morgan fingerprint density at radius 1 is 1.35 bits per heavy atom. The third-order valence-corrected chi connectivity index (χ3v) is 4.01. The summed E-state index contributed by atoms with van der Waals surface area (Å²) in [6, 6.07) is 2.74. The van der Waals surface area contributed by atoms with E-state index in [9.17, 15) is 34.3 Å². The van der Waals surface area contributed by atoms with Gasteiger partial charge in [-0.3, -0.25) is 14.9 Å². The Morgan fingerprint density at radius 3 is 2.52 bits per heavy atom. The molecule has 0 heterocycles. The van der Waals surface area contributed by atoms with E-state index in [2.05, 4.69) is 0 Å². The normalized spacial score (nSPS) is 23.2. The van der Waals surface area contributed by atoms with E-state index >= 15 is 0 Å². The Balaban J connectivity index is 2.70. The number of carboxylic acid groups (broad SMARTS) is 2. The van der Waals surface area contributed by atoms with Gasteiger partial charge < -0.3 is 10.2 Å². The van der Waals surface area contributed by atoms with E-state index in [1.54, 1.807) is 0 Å². The molecule has 0 radical (unpaired) electrons. The summed E-state index contributed by atoms with van der Waals surface area (Å²) in [6.07, 6.45) is 3.79. The highest BCUT2D eigenvalue weighted by molar-refractivity contribution is 5.93. The third-order valence-electron chi connectivity index (χ3n) is 4.01. The number of hydrogen-bond donors (Lipinski definition) is 2. The fourth-order valence-electron chi connectivity index (χ4n) is 2.73. The highest BCUT2D eigenvalue weighted by atomic mass is 19.1. The molecular formula is C15H12FNO6. The molecule has 2 unspecified atom stereocenters. The lowest BCUT2D eigenvalue weighted by atomic mass is 9.66. The van der Waals surface area contributed by atoms with E-state index in [-0.39, 0.29) is 11.1 Å². The Labute approximate surface area is 129 Å². The molecule has 1 aliphatic rings. The average Bonchev–Trinajstić information content (AvgIpc) is 2.47. The van der Waals surface area contributed by atoms with Crippen LogP contribution in [0.4, 0.5) is 10.1 Å². The van der Waals surface area contributed by atoms with Gasteiger partial charge in [0.25, 0.3) is 0 Å². The molecule has 2 N–H and O–H groups in total. The summed E-state index contributed by atoms with van der Waals surface area (Å²) in [6.45, 7) is 1.40. The quantitative estimate of drug-likeness (QED) is 0.649. The first-order valence-corrected chi connectivity index (χ1v) is 6.52. The van der Waals surface area contributed by atoms with Crippen molar-refractivity contribution in [2.45, 2.75) is 12.3 Å². The van der Waals surface area contributed by atoms with Gasteiger partial charge in [0.05, 0.1) is 4.92 Å². The predicted octanol–water partition coefficient (Wildman–Crippen LogP) is 2.27. The monoisotopic (exact) mass is 321 g/mol. The number of allylic oxidation sites excluding steroid dienone is 2. The largest absolute Gasteiger partial charge is 0.480 e. The van der Waals surface area contributed by atoms with Crippen molar-refractivity contribution in [1.29, 1.82) is 0 Å². The zero-order valence-corrected chi connectivity index (χ0v) is 11.9. The molecule has 0 spiro atoms. The van der Waals surface area contributed by atoms with Crippen molar-refractivity contribution >= 4 is 17.6 Å². The minimum absolute atomic E-state index is 0.0614. The van der Waals surface area contributed by atoms with Crippen LogP contribution >= 0.6 is 0 Å². The SMILES string of the molecule is CC1C(C(=O)O)=CC=CC1(C(=O)O)c1ccc(F)c([N+](=O)[O-])c1. The molecule has 8 heteroatoms. The van der Waals surface area contributed by atoms with Crippen molar-refractivity contribution in [3.8, 4) is 0 Å². The molecule has 120 valence electrons. The van der Waals surface area contributed by atoms with Crippen molar-refractivity contribution < 1.29 is 29.1 Å². The Morgan fingerprint density at radius 2 is 2.00 bits per heavy atom. The topological polar surface area (TPSA) is 118 Å². The molecule has 0 fully saturated rings. The zero-order chi connectivity index (χ0) is 17.4. The predicted molar refractivity (Wildman–Crippen MR) is 76.4 cm³/mol. The molecule has 1 aliphatic carbocycles. The number of aliphatic carboxylic acids is 2. The van der Waals surface area contributed by atoms with Crippen molar-refractivity contribution in [3.63, 3.8) is 0 Å². The number of hydrogen-bond acceptors (Lipinski definition) is 4. The van der Waals surface area contributed by atoms with Gasteiger partial charge in [0.1, 0.15) is 5.41 Å². The maximum Gasteiger partial charge on any atom is 0.331 e. The standard InChI is InChI=1S/C15H12FNO6/c1-8-10(13(18)19)3-2-6-15(8,14(20)21)9-4-5-11(16)12(7-9)17(22)23/h2-8H,1H3,(H,18,19)(H,20,21). The van der Waals surface area contributed by atoms with E-state index in [0.29, 0.717) is 0 Å². The zero-order valence-electron chi connectivity index (χ0n) is 11.9. The van der Waals surface area contributed by atoms with Crippen LogP contribution in [0, 0.1) is 21.8 Å². The molecule has 1 aromatic rings. The number of rotatable bonds is 4. The first kappa shape index (κ1) is 16.3. The highest BCUT2D eigenvalue weighted by Gasteiger charge is 2.48. The van der Waals surface area contributed by atoms with Gasteiger partial charge >= 0.3 is 17.6 Å². The summed E-state index contributed by atoms with van der Waals surface area (Å²) in [5.41, 5.74) is -2.91. The first-order chi connectivity index (χ1) is 10.7. The second-order valence-electron chi connectivity index (χ2n) is 5.11. The molecular weight excluding hydrogens is 309 g/mol. The molecule has 23 heavy (non-hydrogen) atoms. The van der Waals surface area contributed by atoms with Crippen LogP contribution < -0.4 is 0 Å². The summed E-state index contributed by atoms with van der Waals surface area (Å²) >= 11 is 0. The fraction of sp³-hybridized carbons (Fsp3) is 0.200. The van der Waals surface area contributed by atoms with E-state index in [0.717, 1.165) is 18.2 Å². The molecule has 0 aliphatic heterocycles. The van der Waals surface area contributed by atoms with Crippen molar-refractivity contribution in [2.75, 3.05) is 0 Å². The van der Waals surface area contributed by atoms with Crippen LogP contribution in [0.5, 0.6) is 0 Å². The van der Waals surface area contributed by atoms with Gasteiger partial charge in [-0.25, -0.2) is 4.79 Å². The van der Waals surface area contributed by atoms with Gasteiger partial charge in [0.2, 0.25) is 5.82 Å². The molecule has 0 saturated carbocycles. The van der Waals surface area contributed by atoms with Crippen LogP contribution in [0.25, 0.3) is 0 Å². The second-order valence-corrected chi connectivity index (χ2v) is 5.11. The summed E-state index contributed by atoms with van der Waals surface area (Å²) in [5.74, 6) is -4.77. The fourth-order valence-corrected chi connectivity index (χ4v) is 2.73. The average molecular weight is 321 g/mol. The molecule has 2 atom stereocenters. The smallest absolute Gasteiger partial charge is 0.331 e. The minimum Gasteiger partial charge on any atom is -0.480 e. The number of halogens is 1. The Kier molecular flexibility index (Phi) is 4.00. The number of nitrogens with zero attached hydrogens (tertiary/aromatic N) is 1. The van der Waals surface area contributed by atoms with Gasteiger partial charge in [-0.05, 0) is 11.6 Å². The van der Waals surface area contributed by atoms with E-state index in [1.807, 2.05) is 0 Å². The van der Waals surface area contributed by atoms with Crippen molar-refractivity contribution in [2.24, 2.45) is 5.92 Å². The summed E-state index contributed by atoms with van der Waals surface area (Å²) in [7, 11) is 0. The number of carboxylic acids is 2. The van der Waals surface area contributed by atoms with Gasteiger partial charge in [-0.2, -0.15) is 4.39 Å². The van der Waals surface area contributed by atoms with Gasteiger partial charge in [-0.15, -0.1) is 0 Å². The van der Waals surface area contributed by atoms with Crippen LogP contribution in [-0.2, 0) is 15.0 Å². The molecule has 0 bridgehead atoms. The third kappa shape index (κ3) is 2.48. The molecule has 0 aromatic heterocycles. The lowest BCUT2D eigenvalue weighted by Gasteiger charge is -2.35. The van der Waals surface area contributed by atoms with Crippen LogP contribution in [0.2, 0.25) is 0 Å². The number of nitro benzene ring substituents is 1. The van der Waals surface area contributed by atoms with E-state index < -0.39 is 39.7 Å². The second kappa shape index (κ2) is 5.64.